The summed E-state index contributed by atoms with van der Waals surface area (Å²) in [6.45, 7) is 4.01. The van der Waals surface area contributed by atoms with Gasteiger partial charge >= 0.3 is 0 Å². The van der Waals surface area contributed by atoms with Crippen molar-refractivity contribution >= 4 is 5.78 Å². The smallest absolute Gasteiger partial charge is 0.138 e. The van der Waals surface area contributed by atoms with E-state index in [4.69, 9.17) is 0 Å². The predicted molar refractivity (Wildman–Crippen MR) is 56.8 cm³/mol. The Hall–Kier alpha value is -0.370. The van der Waals surface area contributed by atoms with Crippen LogP contribution in [-0.2, 0) is 4.79 Å². The second kappa shape index (κ2) is 4.75. The van der Waals surface area contributed by atoms with Gasteiger partial charge in [0, 0.05) is 19.3 Å². The van der Waals surface area contributed by atoms with Crippen LogP contribution in [0.4, 0.5) is 0 Å². The molecule has 0 aliphatic heterocycles. The van der Waals surface area contributed by atoms with E-state index >= 15 is 0 Å². The Morgan fingerprint density at radius 2 is 1.85 bits per heavy atom. The van der Waals surface area contributed by atoms with E-state index in [2.05, 4.69) is 5.32 Å². The van der Waals surface area contributed by atoms with Crippen molar-refractivity contribution in [2.45, 2.75) is 45.6 Å². The lowest BCUT2D eigenvalue weighted by atomic mass is 9.80. The zero-order valence-corrected chi connectivity index (χ0v) is 8.97. The second-order valence-corrected chi connectivity index (χ2v) is 4.39. The fourth-order valence-electron chi connectivity index (χ4n) is 2.14. The van der Waals surface area contributed by atoms with Crippen molar-refractivity contribution in [2.24, 2.45) is 11.8 Å². The Kier molecular flexibility index (Phi) is 3.91. The van der Waals surface area contributed by atoms with E-state index in [9.17, 15) is 4.79 Å². The summed E-state index contributed by atoms with van der Waals surface area (Å²) in [6, 6.07) is 0.649. The SMILES string of the molecule is CNC1CCC(C(=O)C(C)C)CC1.[HH]. The first-order valence-corrected chi connectivity index (χ1v) is 5.36. The first-order valence-electron chi connectivity index (χ1n) is 5.36. The Morgan fingerprint density at radius 3 is 2.23 bits per heavy atom. The molecule has 13 heavy (non-hydrogen) atoms. The lowest BCUT2D eigenvalue weighted by Gasteiger charge is -2.28. The number of rotatable bonds is 3. The van der Waals surface area contributed by atoms with Gasteiger partial charge in [0.2, 0.25) is 0 Å². The van der Waals surface area contributed by atoms with Gasteiger partial charge in [-0.2, -0.15) is 0 Å². The highest BCUT2D eigenvalue weighted by molar-refractivity contribution is 5.82. The van der Waals surface area contributed by atoms with Gasteiger partial charge in [-0.25, -0.2) is 0 Å². The maximum Gasteiger partial charge on any atom is 0.138 e. The number of Topliss-reactive ketones (excluding diaryl/α,β-unsaturated/α-hetero) is 1. The Bertz CT molecular complexity index is 174. The molecule has 1 aliphatic rings. The third-order valence-corrected chi connectivity index (χ3v) is 3.11. The van der Waals surface area contributed by atoms with Crippen LogP contribution < -0.4 is 5.32 Å². The van der Waals surface area contributed by atoms with Crippen molar-refractivity contribution in [3.8, 4) is 0 Å². The van der Waals surface area contributed by atoms with Gasteiger partial charge in [0.15, 0.2) is 0 Å². The molecule has 0 aromatic heterocycles. The molecule has 0 heterocycles. The van der Waals surface area contributed by atoms with Crippen LogP contribution in [0.3, 0.4) is 0 Å². The van der Waals surface area contributed by atoms with E-state index < -0.39 is 0 Å². The summed E-state index contributed by atoms with van der Waals surface area (Å²) in [5.74, 6) is 1.04. The zero-order chi connectivity index (χ0) is 9.84. The van der Waals surface area contributed by atoms with Crippen LogP contribution in [0, 0.1) is 11.8 Å². The lowest BCUT2D eigenvalue weighted by Crippen LogP contribution is -2.33. The van der Waals surface area contributed by atoms with Crippen molar-refractivity contribution in [3.05, 3.63) is 0 Å². The first kappa shape index (κ1) is 10.7. The number of carbonyl (C=O) groups excluding carboxylic acids is 1. The van der Waals surface area contributed by atoms with E-state index in [1.807, 2.05) is 20.9 Å². The Morgan fingerprint density at radius 1 is 1.31 bits per heavy atom. The maximum absolute atomic E-state index is 11.7. The maximum atomic E-state index is 11.7. The molecule has 1 saturated carbocycles. The molecule has 2 heteroatoms. The average Bonchev–Trinajstić information content (AvgIpc) is 2.17. The van der Waals surface area contributed by atoms with Crippen molar-refractivity contribution in [3.63, 3.8) is 0 Å². The summed E-state index contributed by atoms with van der Waals surface area (Å²) in [5, 5.41) is 3.28. The van der Waals surface area contributed by atoms with Gasteiger partial charge in [-0.1, -0.05) is 13.8 Å². The molecular formula is C11H23NO. The van der Waals surface area contributed by atoms with Gasteiger partial charge in [-0.15, -0.1) is 0 Å². The summed E-state index contributed by atoms with van der Waals surface area (Å²) in [6.07, 6.45) is 4.50. The highest BCUT2D eigenvalue weighted by atomic mass is 16.1. The van der Waals surface area contributed by atoms with Crippen LogP contribution in [0.1, 0.15) is 41.0 Å². The molecule has 78 valence electrons. The molecule has 0 atom stereocenters. The highest BCUT2D eigenvalue weighted by Crippen LogP contribution is 2.26. The number of hydrogen-bond donors (Lipinski definition) is 1. The van der Waals surface area contributed by atoms with Gasteiger partial charge in [0.25, 0.3) is 0 Å². The Labute approximate surface area is 82.6 Å². The molecule has 0 amide bonds. The third kappa shape index (κ3) is 2.80. The van der Waals surface area contributed by atoms with Crippen molar-refractivity contribution in [1.29, 1.82) is 0 Å². The number of nitrogens with one attached hydrogen (secondary N) is 1. The summed E-state index contributed by atoms with van der Waals surface area (Å²) >= 11 is 0. The summed E-state index contributed by atoms with van der Waals surface area (Å²) in [7, 11) is 2.01. The fourth-order valence-corrected chi connectivity index (χ4v) is 2.14. The van der Waals surface area contributed by atoms with Gasteiger partial charge in [0.05, 0.1) is 0 Å². The standard InChI is InChI=1S/C11H21NO.H2/c1-8(2)11(13)9-4-6-10(12-3)7-5-9;/h8-10,12H,4-7H2,1-3H3;1H. The van der Waals surface area contributed by atoms with Crippen molar-refractivity contribution in [2.75, 3.05) is 7.05 Å². The topological polar surface area (TPSA) is 29.1 Å². The van der Waals surface area contributed by atoms with Crippen LogP contribution in [0.15, 0.2) is 0 Å². The van der Waals surface area contributed by atoms with E-state index in [0.29, 0.717) is 17.7 Å². The van der Waals surface area contributed by atoms with Gasteiger partial charge < -0.3 is 5.32 Å². The minimum Gasteiger partial charge on any atom is -0.317 e. The molecule has 1 aliphatic carbocycles. The summed E-state index contributed by atoms with van der Waals surface area (Å²) in [5.41, 5.74) is 0. The van der Waals surface area contributed by atoms with E-state index in [1.165, 1.54) is 12.8 Å². The van der Waals surface area contributed by atoms with Gasteiger partial charge in [-0.05, 0) is 32.7 Å². The Balaban J connectivity index is 0.00000169. The van der Waals surface area contributed by atoms with Crippen molar-refractivity contribution < 1.29 is 6.22 Å². The lowest BCUT2D eigenvalue weighted by molar-refractivity contribution is -0.126. The molecule has 0 radical (unpaired) electrons. The molecule has 1 fully saturated rings. The van der Waals surface area contributed by atoms with E-state index in [1.54, 1.807) is 0 Å². The van der Waals surface area contributed by atoms with E-state index in [0.717, 1.165) is 12.8 Å². The third-order valence-electron chi connectivity index (χ3n) is 3.11. The average molecular weight is 185 g/mol. The second-order valence-electron chi connectivity index (χ2n) is 4.39. The van der Waals surface area contributed by atoms with Gasteiger partial charge in [-0.3, -0.25) is 4.79 Å². The highest BCUT2D eigenvalue weighted by Gasteiger charge is 2.26. The summed E-state index contributed by atoms with van der Waals surface area (Å²) in [4.78, 5) is 11.7. The molecule has 0 aromatic rings. The quantitative estimate of drug-likeness (QED) is 0.730. The largest absolute Gasteiger partial charge is 0.317 e. The molecule has 0 bridgehead atoms. The van der Waals surface area contributed by atoms with E-state index in [-0.39, 0.29) is 7.34 Å². The van der Waals surface area contributed by atoms with Crippen molar-refractivity contribution in [1.82, 2.24) is 5.32 Å². The molecule has 0 saturated heterocycles. The fraction of sp³-hybridized carbons (Fsp3) is 0.909. The molecule has 1 rings (SSSR count). The first-order chi connectivity index (χ1) is 6.15. The summed E-state index contributed by atoms with van der Waals surface area (Å²) < 4.78 is 0. The molecule has 2 nitrogen and oxygen atoms in total. The number of ketones is 1. The number of carbonyl (C=O) groups is 1. The molecule has 1 N–H and O–H groups in total. The van der Waals surface area contributed by atoms with Crippen LogP contribution in [0.25, 0.3) is 0 Å². The molecule has 0 aromatic carbocycles. The molecule has 0 spiro atoms. The van der Waals surface area contributed by atoms with Crippen LogP contribution in [0.5, 0.6) is 0 Å². The zero-order valence-electron chi connectivity index (χ0n) is 8.97. The number of hydrogen-bond acceptors (Lipinski definition) is 2. The van der Waals surface area contributed by atoms with Crippen LogP contribution in [-0.4, -0.2) is 18.9 Å². The predicted octanol–water partition coefficient (Wildman–Crippen LogP) is 2.24. The monoisotopic (exact) mass is 185 g/mol. The minimum atomic E-state index is 0. The van der Waals surface area contributed by atoms with Gasteiger partial charge in [0.1, 0.15) is 5.78 Å². The minimum absolute atomic E-state index is 0. The molecule has 0 unspecified atom stereocenters. The normalized spacial score (nSPS) is 29.2. The van der Waals surface area contributed by atoms with Crippen LogP contribution in [0.2, 0.25) is 0 Å². The molecular weight excluding hydrogens is 162 g/mol. The van der Waals surface area contributed by atoms with Crippen LogP contribution >= 0.6 is 0 Å².